The Labute approximate surface area is 227 Å². The van der Waals surface area contributed by atoms with E-state index >= 15 is 0 Å². The first-order valence-electron chi connectivity index (χ1n) is 12.7. The molecule has 0 fully saturated rings. The molecule has 1 atom stereocenters. The second-order valence-corrected chi connectivity index (χ2v) is 11.1. The maximum absolute atomic E-state index is 13.8. The summed E-state index contributed by atoms with van der Waals surface area (Å²) in [5.74, 6) is -2.38. The molecule has 0 bridgehead atoms. The molecule has 1 aliphatic rings. The first kappa shape index (κ1) is 28.0. The fraction of sp³-hybridized carbons (Fsp3) is 0.276. The molecule has 3 aromatic rings. The fourth-order valence-corrected chi connectivity index (χ4v) is 5.97. The van der Waals surface area contributed by atoms with Gasteiger partial charge in [-0.3, -0.25) is 14.4 Å². The van der Waals surface area contributed by atoms with E-state index in [4.69, 9.17) is 0 Å². The van der Waals surface area contributed by atoms with Gasteiger partial charge in [-0.05, 0) is 41.8 Å². The predicted molar refractivity (Wildman–Crippen MR) is 143 cm³/mol. The SMILES string of the molecule is CCCCNC(=O)[C@@H](Cc1ccccc1)N(Cc1ccc(F)cc1)C(=O)CN1C(=O)c2ccccc2S1(=O)=O. The molecule has 0 aromatic heterocycles. The van der Waals surface area contributed by atoms with E-state index in [-0.39, 0.29) is 23.4 Å². The van der Waals surface area contributed by atoms with Gasteiger partial charge in [-0.15, -0.1) is 0 Å². The van der Waals surface area contributed by atoms with E-state index < -0.39 is 46.1 Å². The highest BCUT2D eigenvalue weighted by molar-refractivity contribution is 7.90. The van der Waals surface area contributed by atoms with Gasteiger partial charge in [0, 0.05) is 19.5 Å². The van der Waals surface area contributed by atoms with Gasteiger partial charge < -0.3 is 10.2 Å². The first-order chi connectivity index (χ1) is 18.7. The van der Waals surface area contributed by atoms with E-state index in [0.29, 0.717) is 16.4 Å². The molecule has 0 unspecified atom stereocenters. The van der Waals surface area contributed by atoms with Gasteiger partial charge in [0.2, 0.25) is 11.8 Å². The van der Waals surface area contributed by atoms with Gasteiger partial charge in [-0.1, -0.05) is 67.9 Å². The highest BCUT2D eigenvalue weighted by Gasteiger charge is 2.43. The Morgan fingerprint density at radius 3 is 2.28 bits per heavy atom. The zero-order chi connectivity index (χ0) is 28.0. The van der Waals surface area contributed by atoms with Crippen molar-refractivity contribution in [3.63, 3.8) is 0 Å². The van der Waals surface area contributed by atoms with Crippen LogP contribution in [0.5, 0.6) is 0 Å². The van der Waals surface area contributed by atoms with Gasteiger partial charge in [0.25, 0.3) is 15.9 Å². The summed E-state index contributed by atoms with van der Waals surface area (Å²) < 4.78 is 40.4. The van der Waals surface area contributed by atoms with Crippen molar-refractivity contribution in [1.82, 2.24) is 14.5 Å². The fourth-order valence-electron chi connectivity index (χ4n) is 4.45. The number of benzene rings is 3. The van der Waals surface area contributed by atoms with Crippen molar-refractivity contribution in [3.8, 4) is 0 Å². The molecule has 3 aromatic carbocycles. The van der Waals surface area contributed by atoms with Crippen LogP contribution < -0.4 is 5.32 Å². The van der Waals surface area contributed by atoms with Gasteiger partial charge in [-0.25, -0.2) is 17.1 Å². The minimum Gasteiger partial charge on any atom is -0.354 e. The molecule has 0 saturated carbocycles. The number of halogens is 1. The summed E-state index contributed by atoms with van der Waals surface area (Å²) in [6.45, 7) is 1.54. The molecule has 0 radical (unpaired) electrons. The summed E-state index contributed by atoms with van der Waals surface area (Å²) >= 11 is 0. The number of nitrogens with zero attached hydrogens (tertiary/aromatic N) is 2. The number of carbonyl (C=O) groups is 3. The second-order valence-electron chi connectivity index (χ2n) is 9.31. The molecule has 1 aliphatic heterocycles. The molecule has 204 valence electrons. The van der Waals surface area contributed by atoms with Crippen LogP contribution in [-0.4, -0.2) is 54.5 Å². The molecule has 1 N–H and O–H groups in total. The number of fused-ring (bicyclic) bond motifs is 1. The molecular weight excluding hydrogens is 521 g/mol. The smallest absolute Gasteiger partial charge is 0.269 e. The summed E-state index contributed by atoms with van der Waals surface area (Å²) in [7, 11) is -4.24. The molecule has 0 spiro atoms. The molecule has 4 rings (SSSR count). The number of amides is 3. The molecule has 1 heterocycles. The Kier molecular flexibility index (Phi) is 8.75. The van der Waals surface area contributed by atoms with E-state index in [2.05, 4.69) is 5.32 Å². The molecule has 0 saturated heterocycles. The van der Waals surface area contributed by atoms with Crippen LogP contribution in [0.3, 0.4) is 0 Å². The summed E-state index contributed by atoms with van der Waals surface area (Å²) in [6, 6.07) is 19.4. The third kappa shape index (κ3) is 6.34. The molecule has 3 amide bonds. The van der Waals surface area contributed by atoms with Crippen LogP contribution in [0.4, 0.5) is 4.39 Å². The Bertz CT molecular complexity index is 1450. The third-order valence-electron chi connectivity index (χ3n) is 6.56. The number of unbranched alkanes of at least 4 members (excludes halogenated alkanes) is 1. The van der Waals surface area contributed by atoms with Gasteiger partial charge in [0.1, 0.15) is 23.3 Å². The van der Waals surface area contributed by atoms with Gasteiger partial charge >= 0.3 is 0 Å². The number of nitrogens with one attached hydrogen (secondary N) is 1. The number of carbonyl (C=O) groups excluding carboxylic acids is 3. The van der Waals surface area contributed by atoms with E-state index in [1.54, 1.807) is 6.07 Å². The van der Waals surface area contributed by atoms with Crippen LogP contribution >= 0.6 is 0 Å². The summed E-state index contributed by atoms with van der Waals surface area (Å²) in [4.78, 5) is 41.4. The van der Waals surface area contributed by atoms with E-state index in [9.17, 15) is 27.2 Å². The normalized spacial score (nSPS) is 14.5. The number of hydrogen-bond donors (Lipinski definition) is 1. The topological polar surface area (TPSA) is 104 Å². The Morgan fingerprint density at radius 2 is 1.62 bits per heavy atom. The van der Waals surface area contributed by atoms with Crippen molar-refractivity contribution >= 4 is 27.7 Å². The molecule has 39 heavy (non-hydrogen) atoms. The Balaban J connectivity index is 1.69. The first-order valence-corrected chi connectivity index (χ1v) is 14.2. The van der Waals surface area contributed by atoms with Crippen molar-refractivity contribution in [3.05, 3.63) is 101 Å². The van der Waals surface area contributed by atoms with E-state index in [0.717, 1.165) is 18.4 Å². The predicted octanol–water partition coefficient (Wildman–Crippen LogP) is 3.53. The number of hydrogen-bond acceptors (Lipinski definition) is 5. The monoisotopic (exact) mass is 551 g/mol. The average molecular weight is 552 g/mol. The quantitative estimate of drug-likeness (QED) is 0.367. The maximum Gasteiger partial charge on any atom is 0.269 e. The Hall–Kier alpha value is -4.05. The van der Waals surface area contributed by atoms with Crippen LogP contribution in [-0.2, 0) is 32.6 Å². The van der Waals surface area contributed by atoms with Gasteiger partial charge in [0.05, 0.1) is 5.56 Å². The highest BCUT2D eigenvalue weighted by atomic mass is 32.2. The second kappa shape index (κ2) is 12.2. The van der Waals surface area contributed by atoms with Gasteiger partial charge in [-0.2, -0.15) is 0 Å². The Morgan fingerprint density at radius 1 is 0.949 bits per heavy atom. The molecular formula is C29H30FN3O5S. The molecule has 8 nitrogen and oxygen atoms in total. The molecule has 0 aliphatic carbocycles. The number of sulfonamides is 1. The van der Waals surface area contributed by atoms with Crippen molar-refractivity contribution < 1.29 is 27.2 Å². The summed E-state index contributed by atoms with van der Waals surface area (Å²) in [5, 5.41) is 2.88. The lowest BCUT2D eigenvalue weighted by molar-refractivity contribution is -0.141. The van der Waals surface area contributed by atoms with Crippen molar-refractivity contribution in [2.24, 2.45) is 0 Å². The van der Waals surface area contributed by atoms with Crippen molar-refractivity contribution in [2.75, 3.05) is 13.1 Å². The third-order valence-corrected chi connectivity index (χ3v) is 8.34. The van der Waals surface area contributed by atoms with Crippen LogP contribution in [0.15, 0.2) is 83.8 Å². The van der Waals surface area contributed by atoms with Crippen LogP contribution in [0, 0.1) is 5.82 Å². The van der Waals surface area contributed by atoms with Crippen molar-refractivity contribution in [2.45, 2.75) is 43.7 Å². The van der Waals surface area contributed by atoms with E-state index in [1.165, 1.54) is 47.4 Å². The van der Waals surface area contributed by atoms with Gasteiger partial charge in [0.15, 0.2) is 0 Å². The lowest BCUT2D eigenvalue weighted by atomic mass is 10.0. The van der Waals surface area contributed by atoms with Crippen LogP contribution in [0.25, 0.3) is 0 Å². The summed E-state index contributed by atoms with van der Waals surface area (Å²) in [5.41, 5.74) is 1.33. The summed E-state index contributed by atoms with van der Waals surface area (Å²) in [6.07, 6.45) is 1.76. The number of rotatable bonds is 11. The minimum atomic E-state index is -4.24. The zero-order valence-corrected chi connectivity index (χ0v) is 22.4. The highest BCUT2D eigenvalue weighted by Crippen LogP contribution is 2.30. The largest absolute Gasteiger partial charge is 0.354 e. The van der Waals surface area contributed by atoms with Crippen LogP contribution in [0.2, 0.25) is 0 Å². The lowest BCUT2D eigenvalue weighted by Crippen LogP contribution is -2.53. The zero-order valence-electron chi connectivity index (χ0n) is 21.5. The van der Waals surface area contributed by atoms with Crippen molar-refractivity contribution in [1.29, 1.82) is 0 Å². The van der Waals surface area contributed by atoms with E-state index in [1.807, 2.05) is 37.3 Å². The average Bonchev–Trinajstić information content (AvgIpc) is 3.13. The standard InChI is InChI=1S/C29H30FN3O5S/c1-2-3-17-31-28(35)25(18-21-9-5-4-6-10-21)32(19-22-13-15-23(30)16-14-22)27(34)20-33-29(36)24-11-7-8-12-26(24)39(33,37)38/h4-16,25H,2-3,17-20H2,1H3,(H,31,35)/t25-/m1/s1. The lowest BCUT2D eigenvalue weighted by Gasteiger charge is -2.32. The molecule has 10 heteroatoms. The minimum absolute atomic E-state index is 0.00599. The maximum atomic E-state index is 13.8. The van der Waals surface area contributed by atoms with Crippen LogP contribution in [0.1, 0.15) is 41.3 Å².